The second-order valence-electron chi connectivity index (χ2n) is 2.68. The molecule has 0 aliphatic carbocycles. The van der Waals surface area contributed by atoms with Crippen LogP contribution in [0.15, 0.2) is 6.20 Å². The van der Waals surface area contributed by atoms with Crippen molar-refractivity contribution in [1.82, 2.24) is 20.3 Å². The number of hydrogen-bond donors (Lipinski definition) is 3. The molecular weight excluding hydrogens is 218 g/mol. The summed E-state index contributed by atoms with van der Waals surface area (Å²) in [5.74, 6) is -0.553. The Morgan fingerprint density at radius 1 is 1.73 bits per heavy atom. The van der Waals surface area contributed by atoms with Crippen molar-refractivity contribution in [2.45, 2.75) is 13.5 Å². The van der Waals surface area contributed by atoms with Crippen LogP contribution in [0.3, 0.4) is 0 Å². The van der Waals surface area contributed by atoms with E-state index >= 15 is 0 Å². The Kier molecular flexibility index (Phi) is 3.98. The number of thiocarbonyl (C=S) groups is 1. The SMILES string of the molecule is CCNC(=S)Nc1cn(CC(=O)O)nn1. The van der Waals surface area contributed by atoms with Crippen LogP contribution in [0.5, 0.6) is 0 Å². The Bertz CT molecular complexity index is 364. The van der Waals surface area contributed by atoms with Crippen LogP contribution in [-0.4, -0.2) is 37.7 Å². The average molecular weight is 229 g/mol. The van der Waals surface area contributed by atoms with Gasteiger partial charge in [-0.15, -0.1) is 5.10 Å². The molecule has 0 bridgehead atoms. The van der Waals surface area contributed by atoms with Crippen molar-refractivity contribution in [3.63, 3.8) is 0 Å². The van der Waals surface area contributed by atoms with Gasteiger partial charge in [0.05, 0.1) is 6.20 Å². The number of nitrogens with zero attached hydrogens (tertiary/aromatic N) is 3. The van der Waals surface area contributed by atoms with Gasteiger partial charge < -0.3 is 15.7 Å². The minimum absolute atomic E-state index is 0.220. The zero-order valence-corrected chi connectivity index (χ0v) is 8.91. The Labute approximate surface area is 91.5 Å². The lowest BCUT2D eigenvalue weighted by Crippen LogP contribution is -2.28. The molecule has 0 unspecified atom stereocenters. The van der Waals surface area contributed by atoms with Gasteiger partial charge >= 0.3 is 5.97 Å². The highest BCUT2D eigenvalue weighted by Crippen LogP contribution is 1.99. The minimum Gasteiger partial charge on any atom is -0.480 e. The molecule has 0 amide bonds. The number of hydrogen-bond acceptors (Lipinski definition) is 4. The average Bonchev–Trinajstić information content (AvgIpc) is 2.51. The van der Waals surface area contributed by atoms with Gasteiger partial charge in [-0.25, -0.2) is 4.68 Å². The second kappa shape index (κ2) is 5.25. The number of anilines is 1. The van der Waals surface area contributed by atoms with E-state index in [4.69, 9.17) is 17.3 Å². The fraction of sp³-hybridized carbons (Fsp3) is 0.429. The fourth-order valence-electron chi connectivity index (χ4n) is 0.893. The molecule has 0 aromatic carbocycles. The van der Waals surface area contributed by atoms with Gasteiger partial charge in [-0.1, -0.05) is 5.21 Å². The van der Waals surface area contributed by atoms with Gasteiger partial charge in [0.1, 0.15) is 6.54 Å². The molecule has 0 saturated heterocycles. The highest BCUT2D eigenvalue weighted by atomic mass is 32.1. The monoisotopic (exact) mass is 229 g/mol. The first kappa shape index (κ1) is 11.4. The molecule has 7 nitrogen and oxygen atoms in total. The highest BCUT2D eigenvalue weighted by Gasteiger charge is 2.04. The maximum atomic E-state index is 10.4. The van der Waals surface area contributed by atoms with Crippen LogP contribution in [-0.2, 0) is 11.3 Å². The van der Waals surface area contributed by atoms with Gasteiger partial charge in [0, 0.05) is 6.54 Å². The van der Waals surface area contributed by atoms with Crippen LogP contribution in [0.25, 0.3) is 0 Å². The van der Waals surface area contributed by atoms with Crippen LogP contribution >= 0.6 is 12.2 Å². The summed E-state index contributed by atoms with van der Waals surface area (Å²) in [6, 6.07) is 0. The number of carboxylic acid groups (broad SMARTS) is 1. The fourth-order valence-corrected chi connectivity index (χ4v) is 1.14. The normalized spacial score (nSPS) is 9.67. The molecule has 0 saturated carbocycles. The van der Waals surface area contributed by atoms with E-state index in [2.05, 4.69) is 20.9 Å². The summed E-state index contributed by atoms with van der Waals surface area (Å²) in [4.78, 5) is 10.4. The van der Waals surface area contributed by atoms with Crippen molar-refractivity contribution in [1.29, 1.82) is 0 Å². The Morgan fingerprint density at radius 2 is 2.47 bits per heavy atom. The molecule has 0 radical (unpaired) electrons. The number of nitrogens with one attached hydrogen (secondary N) is 2. The summed E-state index contributed by atoms with van der Waals surface area (Å²) in [5.41, 5.74) is 0. The standard InChI is InChI=1S/C7H11N5O2S/c1-2-8-7(15)9-5-3-12(11-10-5)4-6(13)14/h3H,2,4H2,1H3,(H,13,14)(H2,8,9,15). The Hall–Kier alpha value is -1.70. The van der Waals surface area contributed by atoms with E-state index in [1.54, 1.807) is 0 Å². The molecule has 0 atom stereocenters. The van der Waals surface area contributed by atoms with E-state index in [0.29, 0.717) is 17.5 Å². The van der Waals surface area contributed by atoms with Gasteiger partial charge in [-0.2, -0.15) is 0 Å². The van der Waals surface area contributed by atoms with Crippen LogP contribution in [0.2, 0.25) is 0 Å². The van der Waals surface area contributed by atoms with E-state index < -0.39 is 5.97 Å². The lowest BCUT2D eigenvalue weighted by atomic mass is 10.6. The summed E-state index contributed by atoms with van der Waals surface area (Å²) in [5, 5.41) is 21.9. The molecule has 1 aromatic heterocycles. The molecular formula is C7H11N5O2S. The summed E-state index contributed by atoms with van der Waals surface area (Å²) in [7, 11) is 0. The lowest BCUT2D eigenvalue weighted by Gasteiger charge is -2.03. The molecule has 0 aliphatic heterocycles. The van der Waals surface area contributed by atoms with Crippen molar-refractivity contribution < 1.29 is 9.90 Å². The predicted octanol–water partition coefficient (Wildman–Crippen LogP) is -0.331. The maximum absolute atomic E-state index is 10.4. The number of aromatic nitrogens is 3. The number of aliphatic carboxylic acids is 1. The Balaban J connectivity index is 2.52. The van der Waals surface area contributed by atoms with Gasteiger partial charge in [0.25, 0.3) is 0 Å². The lowest BCUT2D eigenvalue weighted by molar-refractivity contribution is -0.137. The number of carbonyl (C=O) groups is 1. The third-order valence-electron chi connectivity index (χ3n) is 1.41. The van der Waals surface area contributed by atoms with Crippen LogP contribution in [0.4, 0.5) is 5.82 Å². The van der Waals surface area contributed by atoms with Crippen molar-refractivity contribution in [2.24, 2.45) is 0 Å². The summed E-state index contributed by atoms with van der Waals surface area (Å²) in [6.07, 6.45) is 1.47. The summed E-state index contributed by atoms with van der Waals surface area (Å²) >= 11 is 4.92. The molecule has 0 spiro atoms. The van der Waals surface area contributed by atoms with E-state index in [-0.39, 0.29) is 6.54 Å². The first-order valence-corrected chi connectivity index (χ1v) is 4.69. The second-order valence-corrected chi connectivity index (χ2v) is 3.09. The first-order chi connectivity index (χ1) is 7.11. The van der Waals surface area contributed by atoms with Crippen LogP contribution < -0.4 is 10.6 Å². The quantitative estimate of drug-likeness (QED) is 0.609. The highest BCUT2D eigenvalue weighted by molar-refractivity contribution is 7.80. The largest absolute Gasteiger partial charge is 0.480 e. The third kappa shape index (κ3) is 3.90. The topological polar surface area (TPSA) is 92.1 Å². The Morgan fingerprint density at radius 3 is 3.07 bits per heavy atom. The van der Waals surface area contributed by atoms with Gasteiger partial charge in [0.15, 0.2) is 10.9 Å². The van der Waals surface area contributed by atoms with Gasteiger partial charge in [0.2, 0.25) is 0 Å². The van der Waals surface area contributed by atoms with E-state index in [1.165, 1.54) is 10.9 Å². The zero-order chi connectivity index (χ0) is 11.3. The van der Waals surface area contributed by atoms with E-state index in [1.807, 2.05) is 6.92 Å². The zero-order valence-electron chi connectivity index (χ0n) is 8.10. The van der Waals surface area contributed by atoms with Gasteiger partial charge in [-0.3, -0.25) is 4.79 Å². The van der Waals surface area contributed by atoms with Crippen LogP contribution in [0.1, 0.15) is 6.92 Å². The molecule has 0 fully saturated rings. The predicted molar refractivity (Wildman–Crippen MR) is 57.6 cm³/mol. The molecule has 15 heavy (non-hydrogen) atoms. The maximum Gasteiger partial charge on any atom is 0.325 e. The van der Waals surface area contributed by atoms with Crippen molar-refractivity contribution in [3.05, 3.63) is 6.20 Å². The van der Waals surface area contributed by atoms with Gasteiger partial charge in [-0.05, 0) is 19.1 Å². The number of rotatable bonds is 4. The molecule has 1 rings (SSSR count). The molecule has 0 aliphatic rings. The first-order valence-electron chi connectivity index (χ1n) is 4.28. The smallest absolute Gasteiger partial charge is 0.325 e. The molecule has 1 heterocycles. The number of carboxylic acids is 1. The van der Waals surface area contributed by atoms with Crippen molar-refractivity contribution in [3.8, 4) is 0 Å². The minimum atomic E-state index is -0.972. The molecule has 8 heteroatoms. The molecule has 3 N–H and O–H groups in total. The van der Waals surface area contributed by atoms with Crippen LogP contribution in [0, 0.1) is 0 Å². The summed E-state index contributed by atoms with van der Waals surface area (Å²) in [6.45, 7) is 2.40. The summed E-state index contributed by atoms with van der Waals surface area (Å²) < 4.78 is 1.21. The van der Waals surface area contributed by atoms with Crippen molar-refractivity contribution in [2.75, 3.05) is 11.9 Å². The third-order valence-corrected chi connectivity index (χ3v) is 1.66. The van der Waals surface area contributed by atoms with Crippen molar-refractivity contribution >= 4 is 29.1 Å². The van der Waals surface area contributed by atoms with E-state index in [9.17, 15) is 4.79 Å². The molecule has 1 aromatic rings. The molecule has 82 valence electrons. The van der Waals surface area contributed by atoms with E-state index in [0.717, 1.165) is 0 Å².